The maximum Gasteiger partial charge on any atom is 0.262 e. The zero-order chi connectivity index (χ0) is 23.8. The van der Waals surface area contributed by atoms with Gasteiger partial charge < -0.3 is 19.9 Å². The molecule has 1 aliphatic heterocycles. The van der Waals surface area contributed by atoms with E-state index in [1.165, 1.54) is 5.56 Å². The number of benzene rings is 2. The third kappa shape index (κ3) is 6.87. The third-order valence-electron chi connectivity index (χ3n) is 6.10. The van der Waals surface area contributed by atoms with Crippen molar-refractivity contribution in [2.24, 2.45) is 0 Å². The first-order valence-corrected chi connectivity index (χ1v) is 12.1. The summed E-state index contributed by atoms with van der Waals surface area (Å²) in [5, 5.41) is 3.41. The van der Waals surface area contributed by atoms with Crippen molar-refractivity contribution >= 4 is 34.8 Å². The van der Waals surface area contributed by atoms with Crippen LogP contribution in [-0.4, -0.2) is 49.5 Å². The Balaban J connectivity index is 1.50. The van der Waals surface area contributed by atoms with Crippen LogP contribution in [0, 0.1) is 0 Å². The van der Waals surface area contributed by atoms with E-state index in [1.807, 2.05) is 48.2 Å². The number of piperazine rings is 1. The van der Waals surface area contributed by atoms with Crippen LogP contribution < -0.4 is 15.0 Å². The third-order valence-corrected chi connectivity index (χ3v) is 6.40. The van der Waals surface area contributed by atoms with E-state index in [4.69, 9.17) is 16.3 Å². The first kappa shape index (κ1) is 24.9. The average Bonchev–Trinajstić information content (AvgIpc) is 2.83. The maximum atomic E-state index is 12.3. The van der Waals surface area contributed by atoms with Gasteiger partial charge in [-0.2, -0.15) is 0 Å². The predicted molar refractivity (Wildman–Crippen MR) is 134 cm³/mol. The molecule has 0 aromatic heterocycles. The van der Waals surface area contributed by atoms with Crippen molar-refractivity contribution in [2.75, 3.05) is 43.0 Å². The second-order valence-corrected chi connectivity index (χ2v) is 8.91. The Hall–Kier alpha value is -2.73. The lowest BCUT2D eigenvalue weighted by molar-refractivity contribution is -0.131. The second kappa shape index (κ2) is 11.9. The lowest BCUT2D eigenvalue weighted by Crippen LogP contribution is -2.48. The fourth-order valence-corrected chi connectivity index (χ4v) is 4.18. The highest BCUT2D eigenvalue weighted by atomic mass is 35.5. The average molecular weight is 472 g/mol. The van der Waals surface area contributed by atoms with Gasteiger partial charge >= 0.3 is 0 Å². The Kier molecular flexibility index (Phi) is 9.01. The number of halogens is 1. The SMILES string of the molecule is CCCC(=O)N1CCN(c2ccc(NC(=O)COc3ccc([C@H](C)CC)cc3)cc2Cl)CC1. The Morgan fingerprint density at radius 2 is 1.76 bits per heavy atom. The molecule has 33 heavy (non-hydrogen) atoms. The van der Waals surface area contributed by atoms with Crippen molar-refractivity contribution in [3.8, 4) is 5.75 Å². The summed E-state index contributed by atoms with van der Waals surface area (Å²) in [6, 6.07) is 13.4. The van der Waals surface area contributed by atoms with Crippen LogP contribution in [0.2, 0.25) is 5.02 Å². The summed E-state index contributed by atoms with van der Waals surface area (Å²) in [6.45, 7) is 9.17. The first-order chi connectivity index (χ1) is 15.9. The number of carbonyl (C=O) groups is 2. The molecule has 0 saturated carbocycles. The van der Waals surface area contributed by atoms with Gasteiger partial charge in [0.2, 0.25) is 5.91 Å². The highest BCUT2D eigenvalue weighted by Crippen LogP contribution is 2.30. The number of nitrogens with zero attached hydrogens (tertiary/aromatic N) is 2. The Morgan fingerprint density at radius 1 is 1.06 bits per heavy atom. The molecule has 0 radical (unpaired) electrons. The number of ether oxygens (including phenoxy) is 1. The van der Waals surface area contributed by atoms with E-state index in [1.54, 1.807) is 6.07 Å². The van der Waals surface area contributed by atoms with Gasteiger partial charge in [-0.15, -0.1) is 0 Å². The van der Waals surface area contributed by atoms with E-state index in [2.05, 4.69) is 24.1 Å². The van der Waals surface area contributed by atoms with E-state index < -0.39 is 0 Å². The van der Waals surface area contributed by atoms with Gasteiger partial charge in [-0.05, 0) is 54.7 Å². The molecule has 6 nitrogen and oxygen atoms in total. The molecule has 1 aliphatic rings. The van der Waals surface area contributed by atoms with Crippen LogP contribution in [0.1, 0.15) is 51.5 Å². The molecule has 1 N–H and O–H groups in total. The van der Waals surface area contributed by atoms with Crippen LogP contribution in [0.4, 0.5) is 11.4 Å². The van der Waals surface area contributed by atoms with Crippen LogP contribution in [0.15, 0.2) is 42.5 Å². The Bertz CT molecular complexity index is 940. The Morgan fingerprint density at radius 3 is 2.36 bits per heavy atom. The largest absolute Gasteiger partial charge is 0.484 e. The van der Waals surface area contributed by atoms with Crippen LogP contribution >= 0.6 is 11.6 Å². The number of rotatable bonds is 9. The summed E-state index contributed by atoms with van der Waals surface area (Å²) in [5.74, 6) is 1.15. The van der Waals surface area contributed by atoms with E-state index in [9.17, 15) is 9.59 Å². The minimum Gasteiger partial charge on any atom is -0.484 e. The molecule has 1 atom stereocenters. The van der Waals surface area contributed by atoms with Gasteiger partial charge in [0.25, 0.3) is 5.91 Å². The number of anilines is 2. The van der Waals surface area contributed by atoms with Gasteiger partial charge in [0.05, 0.1) is 10.7 Å². The van der Waals surface area contributed by atoms with Gasteiger partial charge in [0.15, 0.2) is 6.61 Å². The Labute approximate surface area is 201 Å². The zero-order valence-electron chi connectivity index (χ0n) is 19.8. The molecule has 0 bridgehead atoms. The molecule has 2 aromatic carbocycles. The minimum atomic E-state index is -0.243. The van der Waals surface area contributed by atoms with E-state index in [-0.39, 0.29) is 18.4 Å². The van der Waals surface area contributed by atoms with Gasteiger partial charge in [-0.3, -0.25) is 9.59 Å². The topological polar surface area (TPSA) is 61.9 Å². The summed E-state index contributed by atoms with van der Waals surface area (Å²) in [4.78, 5) is 28.5. The van der Waals surface area contributed by atoms with E-state index in [0.717, 1.165) is 31.6 Å². The number of nitrogens with one attached hydrogen (secondary N) is 1. The normalized spacial score (nSPS) is 14.7. The van der Waals surface area contributed by atoms with Crippen molar-refractivity contribution in [2.45, 2.75) is 46.0 Å². The number of hydrogen-bond donors (Lipinski definition) is 1. The standard InChI is InChI=1S/C26H34ClN3O3/c1-4-6-26(32)30-15-13-29(14-16-30)24-12-9-21(17-23(24)27)28-25(31)18-33-22-10-7-20(8-11-22)19(3)5-2/h7-12,17,19H,4-6,13-16,18H2,1-3H3,(H,28,31)/t19-/m1/s1. The van der Waals surface area contributed by atoms with E-state index in [0.29, 0.717) is 41.9 Å². The fraction of sp³-hybridized carbons (Fsp3) is 0.462. The molecule has 1 heterocycles. The fourth-order valence-electron chi connectivity index (χ4n) is 3.88. The monoisotopic (exact) mass is 471 g/mol. The van der Waals surface area contributed by atoms with Crippen LogP contribution in [0.5, 0.6) is 5.75 Å². The molecular weight excluding hydrogens is 438 g/mol. The second-order valence-electron chi connectivity index (χ2n) is 8.50. The molecule has 2 amide bonds. The van der Waals surface area contributed by atoms with Gasteiger partial charge in [0, 0.05) is 38.3 Å². The quantitative estimate of drug-likeness (QED) is 0.537. The van der Waals surface area contributed by atoms with Crippen molar-refractivity contribution in [1.82, 2.24) is 4.90 Å². The number of carbonyl (C=O) groups excluding carboxylic acids is 2. The highest BCUT2D eigenvalue weighted by molar-refractivity contribution is 6.33. The molecule has 178 valence electrons. The zero-order valence-corrected chi connectivity index (χ0v) is 20.5. The molecule has 3 rings (SSSR count). The van der Waals surface area contributed by atoms with Crippen molar-refractivity contribution < 1.29 is 14.3 Å². The maximum absolute atomic E-state index is 12.3. The van der Waals surface area contributed by atoms with E-state index >= 15 is 0 Å². The molecule has 0 aliphatic carbocycles. The van der Waals surface area contributed by atoms with Crippen LogP contribution in [-0.2, 0) is 9.59 Å². The molecule has 2 aromatic rings. The minimum absolute atomic E-state index is 0.0736. The summed E-state index contributed by atoms with van der Waals surface area (Å²) < 4.78 is 5.62. The van der Waals surface area contributed by atoms with Crippen molar-refractivity contribution in [1.29, 1.82) is 0 Å². The van der Waals surface area contributed by atoms with Crippen LogP contribution in [0.3, 0.4) is 0 Å². The molecule has 0 unspecified atom stereocenters. The summed E-state index contributed by atoms with van der Waals surface area (Å²) in [5.41, 5.74) is 2.80. The molecule has 7 heteroatoms. The summed E-state index contributed by atoms with van der Waals surface area (Å²) in [6.07, 6.45) is 2.55. The summed E-state index contributed by atoms with van der Waals surface area (Å²) in [7, 11) is 0. The molecule has 1 saturated heterocycles. The molecule has 0 spiro atoms. The van der Waals surface area contributed by atoms with Crippen LogP contribution in [0.25, 0.3) is 0 Å². The first-order valence-electron chi connectivity index (χ1n) is 11.8. The predicted octanol–water partition coefficient (Wildman–Crippen LogP) is 5.32. The number of amides is 2. The lowest BCUT2D eigenvalue weighted by atomic mass is 9.99. The lowest BCUT2D eigenvalue weighted by Gasteiger charge is -2.36. The van der Waals surface area contributed by atoms with Gasteiger partial charge in [-0.1, -0.05) is 44.5 Å². The highest BCUT2D eigenvalue weighted by Gasteiger charge is 2.22. The van der Waals surface area contributed by atoms with Gasteiger partial charge in [-0.25, -0.2) is 0 Å². The van der Waals surface area contributed by atoms with Gasteiger partial charge in [0.1, 0.15) is 5.75 Å². The summed E-state index contributed by atoms with van der Waals surface area (Å²) >= 11 is 6.52. The molecular formula is C26H34ClN3O3. The smallest absolute Gasteiger partial charge is 0.262 e. The number of hydrogen-bond acceptors (Lipinski definition) is 4. The molecule has 1 fully saturated rings. The van der Waals surface area contributed by atoms with Crippen molar-refractivity contribution in [3.05, 3.63) is 53.1 Å². The van der Waals surface area contributed by atoms with Crippen molar-refractivity contribution in [3.63, 3.8) is 0 Å².